The average molecular weight is 442 g/mol. The molecule has 4 rings (SSSR count). The number of nitrogens with one attached hydrogen (secondary N) is 3. The van der Waals surface area contributed by atoms with E-state index in [2.05, 4.69) is 20.6 Å². The lowest BCUT2D eigenvalue weighted by molar-refractivity contribution is 0.0950. The number of rotatable bonds is 6. The summed E-state index contributed by atoms with van der Waals surface area (Å²) < 4.78 is 1.36. The maximum Gasteiger partial charge on any atom is 0.329 e. The number of nitrogens with zero attached hydrogens (tertiary/aromatic N) is 2. The quantitative estimate of drug-likeness (QED) is 0.541. The zero-order valence-electron chi connectivity index (χ0n) is 16.7. The van der Waals surface area contributed by atoms with Gasteiger partial charge in [-0.25, -0.2) is 9.78 Å². The van der Waals surface area contributed by atoms with E-state index < -0.39 is 17.2 Å². The van der Waals surface area contributed by atoms with Crippen LogP contribution in [0.3, 0.4) is 0 Å². The van der Waals surface area contributed by atoms with Crippen LogP contribution in [-0.4, -0.2) is 32.4 Å². The number of carbonyl (C=O) groups excluding carboxylic acids is 2. The van der Waals surface area contributed by atoms with Crippen LogP contribution < -0.4 is 21.9 Å². The van der Waals surface area contributed by atoms with E-state index in [4.69, 9.17) is 11.6 Å². The van der Waals surface area contributed by atoms with Crippen LogP contribution in [0.25, 0.3) is 11.0 Å². The van der Waals surface area contributed by atoms with Gasteiger partial charge in [0.05, 0.1) is 21.5 Å². The number of anilines is 1. The van der Waals surface area contributed by atoms with Gasteiger partial charge >= 0.3 is 5.69 Å². The summed E-state index contributed by atoms with van der Waals surface area (Å²) in [6.45, 7) is 2.29. The monoisotopic (exact) mass is 441 g/mol. The molecule has 2 aromatic heterocycles. The molecule has 1 aliphatic carbocycles. The number of benzene rings is 1. The van der Waals surface area contributed by atoms with Crippen molar-refractivity contribution < 1.29 is 9.59 Å². The first-order valence-electron chi connectivity index (χ1n) is 9.92. The fourth-order valence-corrected chi connectivity index (χ4v) is 3.46. The summed E-state index contributed by atoms with van der Waals surface area (Å²) in [6.07, 6.45) is 3.92. The van der Waals surface area contributed by atoms with Crippen LogP contribution in [0.4, 0.5) is 5.69 Å². The Kier molecular flexibility index (Phi) is 5.60. The first-order valence-corrected chi connectivity index (χ1v) is 10.3. The summed E-state index contributed by atoms with van der Waals surface area (Å²) >= 11 is 6.22. The van der Waals surface area contributed by atoms with Crippen LogP contribution in [0.15, 0.2) is 40.1 Å². The minimum atomic E-state index is -0.608. The number of H-pyrrole nitrogens is 1. The number of halogens is 1. The number of aromatic amines is 1. The molecule has 0 radical (unpaired) electrons. The smallest absolute Gasteiger partial charge is 0.329 e. The number of aromatic nitrogens is 3. The molecular formula is C21H20ClN5O4. The van der Waals surface area contributed by atoms with E-state index in [0.717, 1.165) is 12.8 Å². The van der Waals surface area contributed by atoms with E-state index in [1.54, 1.807) is 12.1 Å². The van der Waals surface area contributed by atoms with Crippen molar-refractivity contribution in [1.82, 2.24) is 19.9 Å². The Morgan fingerprint density at radius 1 is 1.23 bits per heavy atom. The van der Waals surface area contributed by atoms with E-state index in [1.807, 2.05) is 6.92 Å². The molecule has 2 heterocycles. The number of carbonyl (C=O) groups is 2. The molecule has 1 fully saturated rings. The van der Waals surface area contributed by atoms with Gasteiger partial charge in [0.25, 0.3) is 17.4 Å². The van der Waals surface area contributed by atoms with Gasteiger partial charge in [-0.1, -0.05) is 18.5 Å². The van der Waals surface area contributed by atoms with Crippen LogP contribution in [-0.2, 0) is 6.54 Å². The lowest BCUT2D eigenvalue weighted by Gasteiger charge is -2.10. The normalized spacial score (nSPS) is 13.2. The number of pyridine rings is 1. The first kappa shape index (κ1) is 20.8. The van der Waals surface area contributed by atoms with Gasteiger partial charge in [0.2, 0.25) is 0 Å². The highest BCUT2D eigenvalue weighted by Gasteiger charge is 2.24. The molecule has 10 heteroatoms. The molecule has 3 N–H and O–H groups in total. The largest absolute Gasteiger partial charge is 0.349 e. The predicted octanol–water partition coefficient (Wildman–Crippen LogP) is 2.29. The molecule has 0 aliphatic heterocycles. The summed E-state index contributed by atoms with van der Waals surface area (Å²) in [7, 11) is 0. The molecule has 1 aliphatic rings. The maximum absolute atomic E-state index is 12.7. The molecule has 0 saturated heterocycles. The zero-order valence-corrected chi connectivity index (χ0v) is 17.5. The van der Waals surface area contributed by atoms with Gasteiger partial charge < -0.3 is 10.6 Å². The molecule has 3 aromatic rings. The first-order chi connectivity index (χ1) is 14.9. The molecule has 0 unspecified atom stereocenters. The van der Waals surface area contributed by atoms with Crippen molar-refractivity contribution in [2.75, 3.05) is 5.32 Å². The zero-order chi connectivity index (χ0) is 22.1. The highest BCUT2D eigenvalue weighted by molar-refractivity contribution is 6.34. The van der Waals surface area contributed by atoms with Crippen LogP contribution in [0.1, 0.15) is 46.9 Å². The molecule has 0 bridgehead atoms. The Labute approximate surface area is 181 Å². The molecule has 0 spiro atoms. The highest BCUT2D eigenvalue weighted by Crippen LogP contribution is 2.24. The summed E-state index contributed by atoms with van der Waals surface area (Å²) in [5.41, 5.74) is -0.0528. The topological polar surface area (TPSA) is 126 Å². The van der Waals surface area contributed by atoms with Gasteiger partial charge in [0, 0.05) is 24.5 Å². The lowest BCUT2D eigenvalue weighted by Crippen LogP contribution is -2.31. The number of amides is 2. The van der Waals surface area contributed by atoms with Gasteiger partial charge in [-0.2, -0.15) is 0 Å². The predicted molar refractivity (Wildman–Crippen MR) is 117 cm³/mol. The molecule has 1 saturated carbocycles. The number of hydrogen-bond donors (Lipinski definition) is 3. The van der Waals surface area contributed by atoms with Crippen molar-refractivity contribution in [2.45, 2.75) is 38.8 Å². The van der Waals surface area contributed by atoms with Gasteiger partial charge in [-0.05, 0) is 43.5 Å². The Morgan fingerprint density at radius 2 is 2.00 bits per heavy atom. The fraction of sp³-hybridized carbons (Fsp3) is 0.286. The number of aryl methyl sites for hydroxylation is 1. The molecule has 31 heavy (non-hydrogen) atoms. The van der Waals surface area contributed by atoms with Crippen LogP contribution in [0.2, 0.25) is 5.02 Å². The van der Waals surface area contributed by atoms with Crippen molar-refractivity contribution in [1.29, 1.82) is 0 Å². The molecule has 160 valence electrons. The minimum Gasteiger partial charge on any atom is -0.349 e. The third-order valence-corrected chi connectivity index (χ3v) is 5.24. The van der Waals surface area contributed by atoms with Crippen molar-refractivity contribution in [2.24, 2.45) is 0 Å². The van der Waals surface area contributed by atoms with Crippen molar-refractivity contribution >= 4 is 40.1 Å². The van der Waals surface area contributed by atoms with Gasteiger partial charge in [-0.15, -0.1) is 0 Å². The molecular weight excluding hydrogens is 422 g/mol. The van der Waals surface area contributed by atoms with Gasteiger partial charge in [-0.3, -0.25) is 23.9 Å². The third kappa shape index (κ3) is 4.36. The van der Waals surface area contributed by atoms with E-state index in [1.165, 1.54) is 22.9 Å². The van der Waals surface area contributed by atoms with Gasteiger partial charge in [0.15, 0.2) is 0 Å². The molecule has 1 aromatic carbocycles. The number of hydrogen-bond acceptors (Lipinski definition) is 5. The Morgan fingerprint density at radius 3 is 2.68 bits per heavy atom. The highest BCUT2D eigenvalue weighted by atomic mass is 35.5. The van der Waals surface area contributed by atoms with Crippen LogP contribution >= 0.6 is 11.6 Å². The summed E-state index contributed by atoms with van der Waals surface area (Å²) in [5, 5.41) is 5.90. The average Bonchev–Trinajstić information content (AvgIpc) is 3.54. The Balaban J connectivity index is 1.58. The van der Waals surface area contributed by atoms with E-state index in [0.29, 0.717) is 24.2 Å². The Hall–Kier alpha value is -3.46. The second kappa shape index (κ2) is 8.35. The van der Waals surface area contributed by atoms with Crippen LogP contribution in [0.5, 0.6) is 0 Å². The SMILES string of the molecule is CCCn1c(=O)[nH]c(=O)c2cc(C(=O)Nc3ccc(C(=O)NC4CC4)c(Cl)c3)cnc21. The van der Waals surface area contributed by atoms with E-state index in [-0.39, 0.29) is 33.6 Å². The third-order valence-electron chi connectivity index (χ3n) is 4.93. The van der Waals surface area contributed by atoms with E-state index >= 15 is 0 Å². The number of fused-ring (bicyclic) bond motifs is 1. The maximum atomic E-state index is 12.7. The minimum absolute atomic E-state index is 0.144. The summed E-state index contributed by atoms with van der Waals surface area (Å²) in [4.78, 5) is 55.5. The van der Waals surface area contributed by atoms with Crippen LogP contribution in [0, 0.1) is 0 Å². The lowest BCUT2D eigenvalue weighted by atomic mass is 10.1. The van der Waals surface area contributed by atoms with Crippen molar-refractivity contribution in [3.8, 4) is 0 Å². The Bertz CT molecular complexity index is 1310. The van der Waals surface area contributed by atoms with Crippen molar-refractivity contribution in [3.63, 3.8) is 0 Å². The van der Waals surface area contributed by atoms with Crippen molar-refractivity contribution in [3.05, 3.63) is 67.4 Å². The fourth-order valence-electron chi connectivity index (χ4n) is 3.19. The van der Waals surface area contributed by atoms with E-state index in [9.17, 15) is 19.2 Å². The van der Waals surface area contributed by atoms with Gasteiger partial charge in [0.1, 0.15) is 5.65 Å². The second-order valence-corrected chi connectivity index (χ2v) is 7.81. The molecule has 2 amide bonds. The summed E-state index contributed by atoms with van der Waals surface area (Å²) in [5.74, 6) is -0.755. The molecule has 0 atom stereocenters. The summed E-state index contributed by atoms with van der Waals surface area (Å²) in [6, 6.07) is 6.21. The second-order valence-electron chi connectivity index (χ2n) is 7.40. The standard InChI is InChI=1S/C21H20ClN5O4/c1-2-7-27-17-15(20(30)26-21(27)31)8-11(10-23-17)18(28)25-13-5-6-14(16(22)9-13)19(29)24-12-3-4-12/h5-6,8-10,12H,2-4,7H2,1H3,(H,24,29)(H,25,28)(H,26,30,31). The molecule has 9 nitrogen and oxygen atoms in total.